The summed E-state index contributed by atoms with van der Waals surface area (Å²) in [6.45, 7) is 4.55. The van der Waals surface area contributed by atoms with Crippen LogP contribution in [0.1, 0.15) is 13.3 Å². The van der Waals surface area contributed by atoms with E-state index in [4.69, 9.17) is 11.6 Å². The minimum atomic E-state index is 0.649. The molecule has 1 aromatic carbocycles. The van der Waals surface area contributed by atoms with Gasteiger partial charge in [-0.05, 0) is 60.2 Å². The fourth-order valence-corrected chi connectivity index (χ4v) is 3.74. The molecule has 1 aliphatic heterocycles. The zero-order chi connectivity index (χ0) is 12.4. The van der Waals surface area contributed by atoms with E-state index in [1.807, 2.05) is 12.1 Å². The van der Waals surface area contributed by atoms with Gasteiger partial charge in [-0.3, -0.25) is 0 Å². The molecule has 94 valence electrons. The Labute approximate surface area is 122 Å². The molecule has 0 aromatic heterocycles. The predicted molar refractivity (Wildman–Crippen MR) is 83.0 cm³/mol. The van der Waals surface area contributed by atoms with Gasteiger partial charge in [-0.2, -0.15) is 0 Å². The molecule has 4 heteroatoms. The molecule has 1 aromatic rings. The lowest BCUT2D eigenvalue weighted by Gasteiger charge is -2.38. The summed E-state index contributed by atoms with van der Waals surface area (Å²) in [6, 6.07) is 6.80. The molecule has 1 fully saturated rings. The Morgan fingerprint density at radius 1 is 1.47 bits per heavy atom. The number of hydrogen-bond acceptors (Lipinski definition) is 2. The normalized spacial score (nSPS) is 25.1. The lowest BCUT2D eigenvalue weighted by molar-refractivity contribution is 0.338. The smallest absolute Gasteiger partial charge is 0.0503 e. The molecule has 2 unspecified atom stereocenters. The van der Waals surface area contributed by atoms with E-state index in [1.54, 1.807) is 0 Å². The highest BCUT2D eigenvalue weighted by Gasteiger charge is 2.25. The van der Waals surface area contributed by atoms with E-state index < -0.39 is 0 Å². The third-order valence-electron chi connectivity index (χ3n) is 3.53. The molecule has 1 N–H and O–H groups in total. The first-order chi connectivity index (χ1) is 8.11. The topological polar surface area (TPSA) is 15.3 Å². The molecule has 2 rings (SSSR count). The lowest BCUT2D eigenvalue weighted by Crippen LogP contribution is -2.47. The number of nitrogens with one attached hydrogen (secondary N) is 1. The highest BCUT2D eigenvalue weighted by atomic mass is 127. The van der Waals surface area contributed by atoms with Crippen molar-refractivity contribution in [2.45, 2.75) is 19.4 Å². The zero-order valence-electron chi connectivity index (χ0n) is 10.2. The van der Waals surface area contributed by atoms with Crippen molar-refractivity contribution in [1.82, 2.24) is 5.32 Å². The van der Waals surface area contributed by atoms with Crippen LogP contribution in [0.2, 0.25) is 5.02 Å². The van der Waals surface area contributed by atoms with E-state index in [0.717, 1.165) is 18.1 Å². The van der Waals surface area contributed by atoms with E-state index in [2.05, 4.69) is 52.8 Å². The molecule has 0 radical (unpaired) electrons. The van der Waals surface area contributed by atoms with Gasteiger partial charge in [0.1, 0.15) is 0 Å². The summed E-state index contributed by atoms with van der Waals surface area (Å²) >= 11 is 8.37. The maximum Gasteiger partial charge on any atom is 0.0503 e. The van der Waals surface area contributed by atoms with Gasteiger partial charge in [0.2, 0.25) is 0 Å². The Morgan fingerprint density at radius 2 is 2.24 bits per heavy atom. The quantitative estimate of drug-likeness (QED) is 0.809. The van der Waals surface area contributed by atoms with Crippen molar-refractivity contribution in [3.63, 3.8) is 0 Å². The monoisotopic (exact) mass is 364 g/mol. The molecule has 0 spiro atoms. The second-order valence-electron chi connectivity index (χ2n) is 4.70. The van der Waals surface area contributed by atoms with Gasteiger partial charge in [-0.25, -0.2) is 0 Å². The standard InChI is InChI=1S/C13H18ClIN2/c1-9-8-17(6-5-12(9)16-2)13-4-3-10(14)7-11(13)15/h3-4,7,9,12,16H,5-6,8H2,1-2H3. The molecule has 0 amide bonds. The summed E-state index contributed by atoms with van der Waals surface area (Å²) in [4.78, 5) is 2.47. The second-order valence-corrected chi connectivity index (χ2v) is 6.30. The van der Waals surface area contributed by atoms with Crippen molar-refractivity contribution in [2.24, 2.45) is 5.92 Å². The van der Waals surface area contributed by atoms with Crippen molar-refractivity contribution in [3.8, 4) is 0 Å². The average Bonchev–Trinajstić information content (AvgIpc) is 2.29. The van der Waals surface area contributed by atoms with Crippen LogP contribution in [-0.4, -0.2) is 26.2 Å². The van der Waals surface area contributed by atoms with E-state index in [0.29, 0.717) is 12.0 Å². The van der Waals surface area contributed by atoms with Crippen LogP contribution >= 0.6 is 34.2 Å². The van der Waals surface area contributed by atoms with Crippen LogP contribution in [0, 0.1) is 9.49 Å². The number of halogens is 2. The van der Waals surface area contributed by atoms with Gasteiger partial charge < -0.3 is 10.2 Å². The van der Waals surface area contributed by atoms with E-state index in [1.165, 1.54) is 15.7 Å². The Morgan fingerprint density at radius 3 is 2.82 bits per heavy atom. The summed E-state index contributed by atoms with van der Waals surface area (Å²) in [6.07, 6.45) is 1.20. The third-order valence-corrected chi connectivity index (χ3v) is 4.63. The highest BCUT2D eigenvalue weighted by molar-refractivity contribution is 14.1. The maximum atomic E-state index is 6.00. The average molecular weight is 365 g/mol. The summed E-state index contributed by atoms with van der Waals surface area (Å²) in [7, 11) is 2.06. The number of benzene rings is 1. The predicted octanol–water partition coefficient (Wildman–Crippen LogP) is 3.38. The van der Waals surface area contributed by atoms with Crippen LogP contribution < -0.4 is 10.2 Å². The van der Waals surface area contributed by atoms with E-state index in [9.17, 15) is 0 Å². The van der Waals surface area contributed by atoms with Gasteiger partial charge in [-0.15, -0.1) is 0 Å². The number of piperidine rings is 1. The minimum Gasteiger partial charge on any atom is -0.370 e. The van der Waals surface area contributed by atoms with Crippen LogP contribution in [0.4, 0.5) is 5.69 Å². The molecule has 0 bridgehead atoms. The summed E-state index contributed by atoms with van der Waals surface area (Å²) in [5.41, 5.74) is 1.32. The van der Waals surface area contributed by atoms with Crippen LogP contribution in [-0.2, 0) is 0 Å². The molecule has 0 aliphatic carbocycles. The molecule has 1 aliphatic rings. The SMILES string of the molecule is CNC1CCN(c2ccc(Cl)cc2I)CC1C. The fraction of sp³-hybridized carbons (Fsp3) is 0.538. The van der Waals surface area contributed by atoms with E-state index >= 15 is 0 Å². The summed E-state index contributed by atoms with van der Waals surface area (Å²) < 4.78 is 1.24. The zero-order valence-corrected chi connectivity index (χ0v) is 13.1. The van der Waals surface area contributed by atoms with Gasteiger partial charge in [0.25, 0.3) is 0 Å². The number of nitrogens with zero attached hydrogens (tertiary/aromatic N) is 1. The van der Waals surface area contributed by atoms with Gasteiger partial charge in [0.15, 0.2) is 0 Å². The minimum absolute atomic E-state index is 0.649. The summed E-state index contributed by atoms with van der Waals surface area (Å²) in [5, 5.41) is 4.22. The van der Waals surface area contributed by atoms with Crippen LogP contribution in [0.3, 0.4) is 0 Å². The largest absolute Gasteiger partial charge is 0.370 e. The first-order valence-corrected chi connectivity index (χ1v) is 7.44. The molecule has 2 atom stereocenters. The Kier molecular flexibility index (Phi) is 4.55. The van der Waals surface area contributed by atoms with Crippen molar-refractivity contribution in [2.75, 3.05) is 25.0 Å². The first-order valence-electron chi connectivity index (χ1n) is 5.99. The first kappa shape index (κ1) is 13.4. The molecular formula is C13H18ClIN2. The molecule has 2 nitrogen and oxygen atoms in total. The van der Waals surface area contributed by atoms with Crippen molar-refractivity contribution in [1.29, 1.82) is 0 Å². The number of rotatable bonds is 2. The molecule has 0 saturated carbocycles. The Hall–Kier alpha value is -0.000000000000000111. The van der Waals surface area contributed by atoms with Crippen LogP contribution in [0.5, 0.6) is 0 Å². The van der Waals surface area contributed by atoms with E-state index in [-0.39, 0.29) is 0 Å². The van der Waals surface area contributed by atoms with Crippen molar-refractivity contribution >= 4 is 39.9 Å². The molecular weight excluding hydrogens is 347 g/mol. The lowest BCUT2D eigenvalue weighted by atomic mass is 9.93. The number of hydrogen-bond donors (Lipinski definition) is 1. The Balaban J connectivity index is 2.14. The molecule has 1 saturated heterocycles. The second kappa shape index (κ2) is 5.76. The molecule has 17 heavy (non-hydrogen) atoms. The fourth-order valence-electron chi connectivity index (χ4n) is 2.53. The van der Waals surface area contributed by atoms with Gasteiger partial charge in [0.05, 0.1) is 5.69 Å². The van der Waals surface area contributed by atoms with Gasteiger partial charge in [0, 0.05) is 27.7 Å². The maximum absolute atomic E-state index is 6.00. The third kappa shape index (κ3) is 3.06. The van der Waals surface area contributed by atoms with Crippen molar-refractivity contribution < 1.29 is 0 Å². The summed E-state index contributed by atoms with van der Waals surface area (Å²) in [5.74, 6) is 0.681. The Bertz CT molecular complexity index is 397. The van der Waals surface area contributed by atoms with Crippen LogP contribution in [0.25, 0.3) is 0 Å². The van der Waals surface area contributed by atoms with Crippen molar-refractivity contribution in [3.05, 3.63) is 26.8 Å². The highest BCUT2D eigenvalue weighted by Crippen LogP contribution is 2.29. The van der Waals surface area contributed by atoms with Crippen LogP contribution in [0.15, 0.2) is 18.2 Å². The van der Waals surface area contributed by atoms with Gasteiger partial charge in [-0.1, -0.05) is 18.5 Å². The van der Waals surface area contributed by atoms with Gasteiger partial charge >= 0.3 is 0 Å². The number of anilines is 1. The molecule has 1 heterocycles.